The number of nitrogens with two attached hydrogens (primary N) is 1. The Morgan fingerprint density at radius 2 is 2.17 bits per heavy atom. The third-order valence-corrected chi connectivity index (χ3v) is 1.41. The van der Waals surface area contributed by atoms with E-state index < -0.39 is 6.09 Å². The molecule has 0 aliphatic rings. The number of hydrogen-bond donors (Lipinski definition) is 1. The minimum absolute atomic E-state index is 0.440. The lowest BCUT2D eigenvalue weighted by atomic mass is 10.2. The van der Waals surface area contributed by atoms with Gasteiger partial charge >= 0.3 is 6.09 Å². The molecule has 0 aliphatic heterocycles. The molecule has 0 atom stereocenters. The number of allylic oxidation sites excluding steroid dienone is 2. The molecular formula is C9H17NO2. The number of hydrogen-bond acceptors (Lipinski definition) is 2. The monoisotopic (exact) mass is 171 g/mol. The second-order valence-electron chi connectivity index (χ2n) is 2.54. The Morgan fingerprint density at radius 1 is 1.42 bits per heavy atom. The van der Waals surface area contributed by atoms with Crippen LogP contribution in [0, 0.1) is 0 Å². The normalized spacial score (nSPS) is 10.4. The summed E-state index contributed by atoms with van der Waals surface area (Å²) in [4.78, 5) is 10.1. The third kappa shape index (κ3) is 9.01. The molecular weight excluding hydrogens is 154 g/mol. The van der Waals surface area contributed by atoms with Crippen molar-refractivity contribution in [3.63, 3.8) is 0 Å². The van der Waals surface area contributed by atoms with Gasteiger partial charge in [-0.3, -0.25) is 0 Å². The highest BCUT2D eigenvalue weighted by Crippen LogP contribution is 1.97. The molecule has 0 unspecified atom stereocenters. The molecule has 0 aromatic rings. The maximum absolute atomic E-state index is 10.1. The predicted molar refractivity (Wildman–Crippen MR) is 48.8 cm³/mol. The molecule has 0 saturated heterocycles. The van der Waals surface area contributed by atoms with Crippen LogP contribution < -0.4 is 5.73 Å². The largest absolute Gasteiger partial charge is 0.450 e. The van der Waals surface area contributed by atoms with Crippen LogP contribution in [0.3, 0.4) is 0 Å². The van der Waals surface area contributed by atoms with Gasteiger partial charge in [0.15, 0.2) is 0 Å². The van der Waals surface area contributed by atoms with Crippen LogP contribution >= 0.6 is 0 Å². The lowest BCUT2D eigenvalue weighted by molar-refractivity contribution is 0.154. The Morgan fingerprint density at radius 3 is 2.75 bits per heavy atom. The zero-order valence-corrected chi connectivity index (χ0v) is 7.58. The Balaban J connectivity index is 3.00. The van der Waals surface area contributed by atoms with Crippen LogP contribution in [0.15, 0.2) is 12.2 Å². The first-order valence-corrected chi connectivity index (χ1v) is 4.34. The molecule has 0 spiro atoms. The summed E-state index contributed by atoms with van der Waals surface area (Å²) in [6.07, 6.45) is 7.66. The van der Waals surface area contributed by atoms with Crippen molar-refractivity contribution >= 4 is 6.09 Å². The molecule has 0 heterocycles. The lowest BCUT2D eigenvalue weighted by Gasteiger charge is -1.98. The minimum Gasteiger partial charge on any atom is -0.450 e. The van der Waals surface area contributed by atoms with Crippen molar-refractivity contribution in [3.8, 4) is 0 Å². The van der Waals surface area contributed by atoms with Crippen molar-refractivity contribution in [1.82, 2.24) is 0 Å². The van der Waals surface area contributed by atoms with Crippen molar-refractivity contribution in [1.29, 1.82) is 0 Å². The number of rotatable bonds is 6. The summed E-state index contributed by atoms with van der Waals surface area (Å²) in [6.45, 7) is 2.54. The van der Waals surface area contributed by atoms with Crippen LogP contribution in [0.1, 0.15) is 32.6 Å². The standard InChI is InChI=1S/C9H17NO2/c1-2-3-4-5-6-7-8-12-9(10)11/h3-4H,2,5-8H2,1H3,(H2,10,11)/b4-3-. The first-order chi connectivity index (χ1) is 5.77. The first-order valence-electron chi connectivity index (χ1n) is 4.34. The average molecular weight is 171 g/mol. The van der Waals surface area contributed by atoms with E-state index in [-0.39, 0.29) is 0 Å². The third-order valence-electron chi connectivity index (χ3n) is 1.41. The Kier molecular flexibility index (Phi) is 7.44. The summed E-state index contributed by atoms with van der Waals surface area (Å²) in [5.41, 5.74) is 4.78. The molecule has 0 aliphatic carbocycles. The zero-order valence-electron chi connectivity index (χ0n) is 7.58. The molecule has 0 aromatic heterocycles. The van der Waals surface area contributed by atoms with E-state index in [4.69, 9.17) is 5.73 Å². The molecule has 1 amide bonds. The Bertz CT molecular complexity index is 143. The van der Waals surface area contributed by atoms with Gasteiger partial charge in [-0.1, -0.05) is 19.1 Å². The topological polar surface area (TPSA) is 52.3 Å². The number of ether oxygens (including phenoxy) is 1. The maximum Gasteiger partial charge on any atom is 0.404 e. The SMILES string of the molecule is CC/C=C\CCCCOC(N)=O. The van der Waals surface area contributed by atoms with Gasteiger partial charge in [-0.15, -0.1) is 0 Å². The average Bonchev–Trinajstić information content (AvgIpc) is 2.02. The number of carbonyl (C=O) groups is 1. The van der Waals surface area contributed by atoms with Crippen molar-refractivity contribution in [2.24, 2.45) is 5.73 Å². The zero-order chi connectivity index (χ0) is 9.23. The summed E-state index contributed by atoms with van der Waals surface area (Å²) < 4.78 is 4.56. The van der Waals surface area contributed by atoms with Gasteiger partial charge in [0.2, 0.25) is 0 Å². The highest BCUT2D eigenvalue weighted by Gasteiger charge is 1.91. The molecule has 0 aromatic carbocycles. The molecule has 0 saturated carbocycles. The van der Waals surface area contributed by atoms with E-state index in [1.165, 1.54) is 0 Å². The van der Waals surface area contributed by atoms with E-state index in [2.05, 4.69) is 23.8 Å². The van der Waals surface area contributed by atoms with Gasteiger partial charge in [-0.25, -0.2) is 4.79 Å². The van der Waals surface area contributed by atoms with E-state index in [9.17, 15) is 4.79 Å². The molecule has 3 nitrogen and oxygen atoms in total. The van der Waals surface area contributed by atoms with Crippen LogP contribution in [0.2, 0.25) is 0 Å². The van der Waals surface area contributed by atoms with Gasteiger partial charge in [0, 0.05) is 0 Å². The lowest BCUT2D eigenvalue weighted by Crippen LogP contribution is -2.13. The van der Waals surface area contributed by atoms with E-state index in [1.807, 2.05) is 0 Å². The van der Waals surface area contributed by atoms with Crippen LogP contribution in [-0.2, 0) is 4.74 Å². The van der Waals surface area contributed by atoms with E-state index in [1.54, 1.807) is 0 Å². The van der Waals surface area contributed by atoms with Gasteiger partial charge in [-0.2, -0.15) is 0 Å². The fourth-order valence-electron chi connectivity index (χ4n) is 0.822. The minimum atomic E-state index is -0.681. The summed E-state index contributed by atoms with van der Waals surface area (Å²) in [5.74, 6) is 0. The Hall–Kier alpha value is -0.990. The molecule has 0 fully saturated rings. The van der Waals surface area contributed by atoms with Gasteiger partial charge in [0.05, 0.1) is 6.61 Å². The van der Waals surface area contributed by atoms with E-state index in [0.29, 0.717) is 6.61 Å². The van der Waals surface area contributed by atoms with Gasteiger partial charge in [0.1, 0.15) is 0 Å². The molecule has 12 heavy (non-hydrogen) atoms. The van der Waals surface area contributed by atoms with Crippen LogP contribution in [0.5, 0.6) is 0 Å². The summed E-state index contributed by atoms with van der Waals surface area (Å²) >= 11 is 0. The molecule has 0 rings (SSSR count). The number of amides is 1. The van der Waals surface area contributed by atoms with E-state index >= 15 is 0 Å². The predicted octanol–water partition coefficient (Wildman–Crippen LogP) is 2.22. The first kappa shape index (κ1) is 11.0. The van der Waals surface area contributed by atoms with Crippen LogP contribution in [0.25, 0.3) is 0 Å². The van der Waals surface area contributed by atoms with E-state index in [0.717, 1.165) is 25.7 Å². The Labute approximate surface area is 73.6 Å². The number of primary amides is 1. The van der Waals surface area contributed by atoms with Gasteiger partial charge in [0.25, 0.3) is 0 Å². The smallest absolute Gasteiger partial charge is 0.404 e. The summed E-state index contributed by atoms with van der Waals surface area (Å²) in [6, 6.07) is 0. The quantitative estimate of drug-likeness (QED) is 0.492. The fraction of sp³-hybridized carbons (Fsp3) is 0.667. The van der Waals surface area contributed by atoms with Gasteiger partial charge in [-0.05, 0) is 25.7 Å². The molecule has 0 radical (unpaired) electrons. The highest BCUT2D eigenvalue weighted by molar-refractivity contribution is 5.64. The fourth-order valence-corrected chi connectivity index (χ4v) is 0.822. The molecule has 0 bridgehead atoms. The van der Waals surface area contributed by atoms with Crippen molar-refractivity contribution in [2.45, 2.75) is 32.6 Å². The molecule has 2 N–H and O–H groups in total. The van der Waals surface area contributed by atoms with Crippen molar-refractivity contribution in [2.75, 3.05) is 6.61 Å². The number of carbonyl (C=O) groups excluding carboxylic acids is 1. The summed E-state index contributed by atoms with van der Waals surface area (Å²) in [7, 11) is 0. The maximum atomic E-state index is 10.1. The van der Waals surface area contributed by atoms with Gasteiger partial charge < -0.3 is 10.5 Å². The van der Waals surface area contributed by atoms with Crippen LogP contribution in [-0.4, -0.2) is 12.7 Å². The molecule has 3 heteroatoms. The second-order valence-corrected chi connectivity index (χ2v) is 2.54. The summed E-state index contributed by atoms with van der Waals surface area (Å²) in [5, 5.41) is 0. The molecule has 70 valence electrons. The highest BCUT2D eigenvalue weighted by atomic mass is 16.5. The van der Waals surface area contributed by atoms with Crippen LogP contribution in [0.4, 0.5) is 4.79 Å². The second kappa shape index (κ2) is 8.11. The van der Waals surface area contributed by atoms with Crippen molar-refractivity contribution in [3.05, 3.63) is 12.2 Å². The number of unbranched alkanes of at least 4 members (excludes halogenated alkanes) is 2. The van der Waals surface area contributed by atoms with Crippen molar-refractivity contribution < 1.29 is 9.53 Å².